The molecule has 74 valence electrons. The standard InChI is InChI=1S/C10H18N2S/c1-2-7-13-9(4-1)8-12-10-5-3-6-11-10/h9H,1-8H2,(H,11,12). The molecule has 0 bridgehead atoms. The first kappa shape index (κ1) is 9.38. The normalized spacial score (nSPS) is 28.6. The van der Waals surface area contributed by atoms with E-state index >= 15 is 0 Å². The van der Waals surface area contributed by atoms with Gasteiger partial charge in [-0.1, -0.05) is 6.42 Å². The molecule has 1 saturated heterocycles. The van der Waals surface area contributed by atoms with Gasteiger partial charge in [-0.15, -0.1) is 0 Å². The van der Waals surface area contributed by atoms with Gasteiger partial charge in [0.1, 0.15) is 0 Å². The highest BCUT2D eigenvalue weighted by molar-refractivity contribution is 7.99. The largest absolute Gasteiger partial charge is 0.373 e. The SMILES string of the molecule is C1CCC(CNC2=NCCC2)SC1. The number of aliphatic imine (C=N–C) groups is 1. The molecule has 0 aromatic rings. The van der Waals surface area contributed by atoms with Gasteiger partial charge in [-0.3, -0.25) is 4.99 Å². The van der Waals surface area contributed by atoms with E-state index in [2.05, 4.69) is 22.1 Å². The number of hydrogen-bond acceptors (Lipinski definition) is 3. The van der Waals surface area contributed by atoms with Gasteiger partial charge in [0.2, 0.25) is 0 Å². The molecule has 0 aromatic carbocycles. The van der Waals surface area contributed by atoms with Gasteiger partial charge in [0.25, 0.3) is 0 Å². The third-order valence-corrected chi connectivity index (χ3v) is 4.08. The molecule has 3 heteroatoms. The molecule has 1 atom stereocenters. The van der Waals surface area contributed by atoms with Crippen LogP contribution in [-0.4, -0.2) is 29.9 Å². The highest BCUT2D eigenvalue weighted by Crippen LogP contribution is 2.24. The molecule has 2 aliphatic heterocycles. The monoisotopic (exact) mass is 198 g/mol. The van der Waals surface area contributed by atoms with E-state index in [1.54, 1.807) is 0 Å². The predicted molar refractivity (Wildman–Crippen MR) is 59.6 cm³/mol. The lowest BCUT2D eigenvalue weighted by Crippen LogP contribution is -2.30. The van der Waals surface area contributed by atoms with Crippen LogP contribution >= 0.6 is 11.8 Å². The number of amidine groups is 1. The number of nitrogens with one attached hydrogen (secondary N) is 1. The van der Waals surface area contributed by atoms with E-state index in [4.69, 9.17) is 0 Å². The topological polar surface area (TPSA) is 24.4 Å². The van der Waals surface area contributed by atoms with Crippen LogP contribution < -0.4 is 5.32 Å². The van der Waals surface area contributed by atoms with Crippen LogP contribution in [0.3, 0.4) is 0 Å². The Kier molecular flexibility index (Phi) is 3.53. The molecule has 0 radical (unpaired) electrons. The zero-order valence-corrected chi connectivity index (χ0v) is 8.91. The number of rotatable bonds is 2. The number of nitrogens with zero attached hydrogens (tertiary/aromatic N) is 1. The Morgan fingerprint density at radius 3 is 3.08 bits per heavy atom. The van der Waals surface area contributed by atoms with Crippen LogP contribution in [-0.2, 0) is 0 Å². The minimum atomic E-state index is 0.844. The molecule has 2 aliphatic rings. The Bertz CT molecular complexity index is 185. The maximum atomic E-state index is 4.42. The van der Waals surface area contributed by atoms with Crippen LogP contribution in [0.1, 0.15) is 32.1 Å². The van der Waals surface area contributed by atoms with Crippen molar-refractivity contribution in [2.75, 3.05) is 18.8 Å². The molecule has 0 spiro atoms. The molecule has 0 saturated carbocycles. The first-order valence-corrected chi connectivity index (χ1v) is 6.39. The molecule has 0 aromatic heterocycles. The van der Waals surface area contributed by atoms with E-state index in [-0.39, 0.29) is 0 Å². The van der Waals surface area contributed by atoms with Gasteiger partial charge in [0.15, 0.2) is 0 Å². The van der Waals surface area contributed by atoms with Gasteiger partial charge in [0, 0.05) is 24.8 Å². The van der Waals surface area contributed by atoms with Crippen LogP contribution in [0.4, 0.5) is 0 Å². The molecule has 2 heterocycles. The summed E-state index contributed by atoms with van der Waals surface area (Å²) in [5.74, 6) is 2.62. The molecule has 0 aliphatic carbocycles. The van der Waals surface area contributed by atoms with Crippen molar-refractivity contribution in [1.82, 2.24) is 5.32 Å². The molecule has 2 rings (SSSR count). The lowest BCUT2D eigenvalue weighted by molar-refractivity contribution is 0.648. The van der Waals surface area contributed by atoms with Crippen molar-refractivity contribution in [3.8, 4) is 0 Å². The fourth-order valence-corrected chi connectivity index (χ4v) is 3.12. The van der Waals surface area contributed by atoms with Gasteiger partial charge in [-0.25, -0.2) is 0 Å². The third-order valence-electron chi connectivity index (χ3n) is 2.68. The van der Waals surface area contributed by atoms with Crippen LogP contribution in [0.2, 0.25) is 0 Å². The predicted octanol–water partition coefficient (Wildman–Crippen LogP) is 2.05. The zero-order chi connectivity index (χ0) is 8.93. The molecule has 2 nitrogen and oxygen atoms in total. The number of thioether (sulfide) groups is 1. The van der Waals surface area contributed by atoms with Gasteiger partial charge >= 0.3 is 0 Å². The quantitative estimate of drug-likeness (QED) is 0.734. The summed E-state index contributed by atoms with van der Waals surface area (Å²) < 4.78 is 0. The number of hydrogen-bond donors (Lipinski definition) is 1. The van der Waals surface area contributed by atoms with Gasteiger partial charge in [0.05, 0.1) is 5.84 Å². The third kappa shape index (κ3) is 2.90. The molecule has 1 fully saturated rings. The Morgan fingerprint density at radius 2 is 2.38 bits per heavy atom. The van der Waals surface area contributed by atoms with Gasteiger partial charge in [-0.2, -0.15) is 11.8 Å². The maximum Gasteiger partial charge on any atom is 0.0964 e. The Labute approximate surface area is 84.6 Å². The summed E-state index contributed by atoms with van der Waals surface area (Å²) in [6, 6.07) is 0. The summed E-state index contributed by atoms with van der Waals surface area (Å²) in [7, 11) is 0. The summed E-state index contributed by atoms with van der Waals surface area (Å²) in [6.07, 6.45) is 6.66. The van der Waals surface area contributed by atoms with Crippen molar-refractivity contribution in [2.45, 2.75) is 37.4 Å². The fraction of sp³-hybridized carbons (Fsp3) is 0.900. The second kappa shape index (κ2) is 4.89. The summed E-state index contributed by atoms with van der Waals surface area (Å²) in [5.41, 5.74) is 0. The van der Waals surface area contributed by atoms with Crippen molar-refractivity contribution in [3.63, 3.8) is 0 Å². The van der Waals surface area contributed by atoms with E-state index in [0.717, 1.165) is 18.3 Å². The van der Waals surface area contributed by atoms with Crippen molar-refractivity contribution in [1.29, 1.82) is 0 Å². The Balaban J connectivity index is 1.66. The van der Waals surface area contributed by atoms with Crippen molar-refractivity contribution in [2.24, 2.45) is 4.99 Å². The fourth-order valence-electron chi connectivity index (χ4n) is 1.88. The molecule has 13 heavy (non-hydrogen) atoms. The first-order valence-electron chi connectivity index (χ1n) is 5.34. The molecular formula is C10H18N2S. The van der Waals surface area contributed by atoms with E-state index in [9.17, 15) is 0 Å². The molecule has 1 unspecified atom stereocenters. The van der Waals surface area contributed by atoms with Crippen LogP contribution in [0.25, 0.3) is 0 Å². The van der Waals surface area contributed by atoms with E-state index in [1.807, 2.05) is 0 Å². The van der Waals surface area contributed by atoms with Crippen molar-refractivity contribution < 1.29 is 0 Å². The minimum Gasteiger partial charge on any atom is -0.373 e. The average Bonchev–Trinajstić information content (AvgIpc) is 2.69. The highest BCUT2D eigenvalue weighted by Gasteiger charge is 2.14. The zero-order valence-electron chi connectivity index (χ0n) is 8.09. The lowest BCUT2D eigenvalue weighted by Gasteiger charge is -2.21. The molecule has 0 amide bonds. The molecule has 1 N–H and O–H groups in total. The maximum absolute atomic E-state index is 4.42. The summed E-state index contributed by atoms with van der Waals surface area (Å²) in [5, 5.41) is 4.32. The second-order valence-corrected chi connectivity index (χ2v) is 5.21. The Morgan fingerprint density at radius 1 is 1.38 bits per heavy atom. The minimum absolute atomic E-state index is 0.844. The second-order valence-electron chi connectivity index (χ2n) is 3.80. The van der Waals surface area contributed by atoms with Gasteiger partial charge in [-0.05, 0) is 25.0 Å². The van der Waals surface area contributed by atoms with E-state index in [1.165, 1.54) is 43.7 Å². The summed E-state index contributed by atoms with van der Waals surface area (Å²) >= 11 is 2.13. The van der Waals surface area contributed by atoms with Crippen molar-refractivity contribution in [3.05, 3.63) is 0 Å². The summed E-state index contributed by atoms with van der Waals surface area (Å²) in [4.78, 5) is 4.42. The smallest absolute Gasteiger partial charge is 0.0964 e. The average molecular weight is 198 g/mol. The van der Waals surface area contributed by atoms with Crippen LogP contribution in [0.15, 0.2) is 4.99 Å². The van der Waals surface area contributed by atoms with E-state index in [0.29, 0.717) is 0 Å². The lowest BCUT2D eigenvalue weighted by atomic mass is 10.2. The van der Waals surface area contributed by atoms with E-state index < -0.39 is 0 Å². The summed E-state index contributed by atoms with van der Waals surface area (Å²) in [6.45, 7) is 2.18. The van der Waals surface area contributed by atoms with Crippen LogP contribution in [0, 0.1) is 0 Å². The molecular weight excluding hydrogens is 180 g/mol. The first-order chi connectivity index (χ1) is 6.45. The Hall–Kier alpha value is -0.180. The van der Waals surface area contributed by atoms with Crippen LogP contribution in [0.5, 0.6) is 0 Å². The van der Waals surface area contributed by atoms with Gasteiger partial charge < -0.3 is 5.32 Å². The van der Waals surface area contributed by atoms with Crippen molar-refractivity contribution >= 4 is 17.6 Å². The highest BCUT2D eigenvalue weighted by atomic mass is 32.2.